The Bertz CT molecular complexity index is 383. The van der Waals surface area contributed by atoms with Crippen LogP contribution in [0.15, 0.2) is 18.2 Å². The summed E-state index contributed by atoms with van der Waals surface area (Å²) in [7, 11) is 0. The largest absolute Gasteiger partial charge is 0.327 e. The van der Waals surface area contributed by atoms with Gasteiger partial charge in [0.05, 0.1) is 0 Å². The molecule has 2 aliphatic carbocycles. The van der Waals surface area contributed by atoms with Crippen LogP contribution in [0.2, 0.25) is 0 Å². The first-order valence-corrected chi connectivity index (χ1v) is 5.58. The van der Waals surface area contributed by atoms with Gasteiger partial charge in [-0.25, -0.2) is 0 Å². The van der Waals surface area contributed by atoms with Gasteiger partial charge in [-0.1, -0.05) is 18.2 Å². The van der Waals surface area contributed by atoms with Crippen molar-refractivity contribution in [1.82, 2.24) is 0 Å². The molecule has 1 heteroatoms. The summed E-state index contributed by atoms with van der Waals surface area (Å²) < 4.78 is 0. The molecule has 0 radical (unpaired) electrons. The van der Waals surface area contributed by atoms with Gasteiger partial charge in [0.2, 0.25) is 0 Å². The van der Waals surface area contributed by atoms with Crippen LogP contribution in [0.4, 0.5) is 0 Å². The Morgan fingerprint density at radius 1 is 1.43 bits per heavy atom. The fourth-order valence-electron chi connectivity index (χ4n) is 3.15. The first kappa shape index (κ1) is 8.49. The molecule has 2 N–H and O–H groups in total. The Hall–Kier alpha value is -0.820. The predicted molar refractivity (Wildman–Crippen MR) is 58.4 cm³/mol. The number of aryl methyl sites for hydroxylation is 1. The number of hydrogen-bond donors (Lipinski definition) is 1. The van der Waals surface area contributed by atoms with E-state index in [2.05, 4.69) is 25.1 Å². The van der Waals surface area contributed by atoms with Gasteiger partial charge in [-0.3, -0.25) is 0 Å². The second-order valence-electron chi connectivity index (χ2n) is 4.92. The summed E-state index contributed by atoms with van der Waals surface area (Å²) in [6, 6.07) is 7.15. The smallest absolute Gasteiger partial charge is 0.0146 e. The Morgan fingerprint density at radius 3 is 2.93 bits per heavy atom. The molecule has 1 aromatic carbocycles. The van der Waals surface area contributed by atoms with Crippen LogP contribution in [0.5, 0.6) is 0 Å². The summed E-state index contributed by atoms with van der Waals surface area (Å²) in [4.78, 5) is 0. The average molecular weight is 187 g/mol. The van der Waals surface area contributed by atoms with E-state index in [1.54, 1.807) is 11.1 Å². The second-order valence-corrected chi connectivity index (χ2v) is 4.92. The monoisotopic (exact) mass is 187 g/mol. The van der Waals surface area contributed by atoms with Gasteiger partial charge < -0.3 is 5.73 Å². The maximum absolute atomic E-state index is 6.10. The fraction of sp³-hybridized carbons (Fsp3) is 0.538. The summed E-state index contributed by atoms with van der Waals surface area (Å²) >= 11 is 0. The normalized spacial score (nSPS) is 34.3. The van der Waals surface area contributed by atoms with E-state index in [-0.39, 0.29) is 0 Å². The lowest BCUT2D eigenvalue weighted by molar-refractivity contribution is 0.524. The van der Waals surface area contributed by atoms with Crippen LogP contribution < -0.4 is 5.73 Å². The van der Waals surface area contributed by atoms with E-state index in [4.69, 9.17) is 5.73 Å². The number of rotatable bonds is 0. The molecule has 2 unspecified atom stereocenters. The molecule has 74 valence electrons. The average Bonchev–Trinajstić information content (AvgIpc) is 2.80. The molecule has 0 amide bonds. The van der Waals surface area contributed by atoms with Crippen LogP contribution in [0.25, 0.3) is 0 Å². The third-order valence-electron chi connectivity index (χ3n) is 4.13. The molecule has 1 aromatic rings. The molecule has 2 aliphatic rings. The number of fused-ring (bicyclic) bond motifs is 2. The quantitative estimate of drug-likeness (QED) is 0.662. The van der Waals surface area contributed by atoms with Gasteiger partial charge in [0.1, 0.15) is 0 Å². The van der Waals surface area contributed by atoms with Crippen LogP contribution in [-0.2, 0) is 11.8 Å². The third kappa shape index (κ3) is 0.936. The maximum atomic E-state index is 6.10. The van der Waals surface area contributed by atoms with Crippen LogP contribution in [-0.4, -0.2) is 6.04 Å². The molecular formula is C13H17N. The summed E-state index contributed by atoms with van der Waals surface area (Å²) in [5, 5.41) is 0. The first-order chi connectivity index (χ1) is 6.74. The first-order valence-electron chi connectivity index (χ1n) is 5.58. The Kier molecular flexibility index (Phi) is 1.58. The van der Waals surface area contributed by atoms with Gasteiger partial charge in [-0.15, -0.1) is 0 Å². The second kappa shape index (κ2) is 2.60. The molecule has 0 aliphatic heterocycles. The van der Waals surface area contributed by atoms with Crippen molar-refractivity contribution >= 4 is 0 Å². The van der Waals surface area contributed by atoms with Gasteiger partial charge in [0.25, 0.3) is 0 Å². The van der Waals surface area contributed by atoms with E-state index >= 15 is 0 Å². The van der Waals surface area contributed by atoms with Crippen molar-refractivity contribution in [1.29, 1.82) is 0 Å². The number of benzene rings is 1. The van der Waals surface area contributed by atoms with Crippen molar-refractivity contribution < 1.29 is 0 Å². The molecule has 0 saturated heterocycles. The molecule has 3 rings (SSSR count). The zero-order valence-electron chi connectivity index (χ0n) is 8.72. The summed E-state index contributed by atoms with van der Waals surface area (Å²) in [5.41, 5.74) is 11.1. The van der Waals surface area contributed by atoms with Crippen LogP contribution in [0.3, 0.4) is 0 Å². The SMILES string of the molecule is Cc1cccc2c1CCCC21CC1N. The zero-order valence-corrected chi connectivity index (χ0v) is 8.72. The standard InChI is InChI=1S/C13H17N/c1-9-4-2-6-11-10(9)5-3-7-13(11)8-12(13)14/h2,4,6,12H,3,5,7-8,14H2,1H3. The van der Waals surface area contributed by atoms with Gasteiger partial charge in [0.15, 0.2) is 0 Å². The van der Waals surface area contributed by atoms with Gasteiger partial charge in [-0.05, 0) is 49.3 Å². The summed E-state index contributed by atoms with van der Waals surface area (Å²) in [6.45, 7) is 2.23. The number of hydrogen-bond acceptors (Lipinski definition) is 1. The van der Waals surface area contributed by atoms with E-state index in [1.165, 1.54) is 31.2 Å². The molecule has 0 aromatic heterocycles. The molecule has 1 saturated carbocycles. The molecule has 1 fully saturated rings. The lowest BCUT2D eigenvalue weighted by atomic mass is 9.78. The van der Waals surface area contributed by atoms with Crippen molar-refractivity contribution in [3.05, 3.63) is 34.9 Å². The van der Waals surface area contributed by atoms with Crippen LogP contribution in [0.1, 0.15) is 36.0 Å². The predicted octanol–water partition coefficient (Wildman–Crippen LogP) is 2.30. The lowest BCUT2D eigenvalue weighted by Crippen LogP contribution is -2.24. The fourth-order valence-corrected chi connectivity index (χ4v) is 3.15. The molecule has 1 nitrogen and oxygen atoms in total. The van der Waals surface area contributed by atoms with Crippen molar-refractivity contribution in [2.45, 2.75) is 44.1 Å². The topological polar surface area (TPSA) is 26.0 Å². The van der Waals surface area contributed by atoms with E-state index < -0.39 is 0 Å². The lowest BCUT2D eigenvalue weighted by Gasteiger charge is -2.27. The summed E-state index contributed by atoms with van der Waals surface area (Å²) in [6.07, 6.45) is 5.11. The van der Waals surface area contributed by atoms with Crippen molar-refractivity contribution in [2.24, 2.45) is 5.73 Å². The van der Waals surface area contributed by atoms with E-state index in [0.717, 1.165) is 0 Å². The van der Waals surface area contributed by atoms with Crippen molar-refractivity contribution in [2.75, 3.05) is 0 Å². The maximum Gasteiger partial charge on any atom is 0.0146 e. The molecule has 14 heavy (non-hydrogen) atoms. The highest BCUT2D eigenvalue weighted by atomic mass is 14.8. The Balaban J connectivity index is 2.16. The van der Waals surface area contributed by atoms with Crippen LogP contribution >= 0.6 is 0 Å². The summed E-state index contributed by atoms with van der Waals surface area (Å²) in [5.74, 6) is 0. The van der Waals surface area contributed by atoms with Crippen LogP contribution in [0, 0.1) is 6.92 Å². The highest BCUT2D eigenvalue weighted by Gasteiger charge is 2.54. The molecule has 0 heterocycles. The highest BCUT2D eigenvalue weighted by molar-refractivity contribution is 5.47. The third-order valence-corrected chi connectivity index (χ3v) is 4.13. The zero-order chi connectivity index (χ0) is 9.76. The Labute approximate surface area is 85.3 Å². The Morgan fingerprint density at radius 2 is 2.21 bits per heavy atom. The molecule has 1 spiro atoms. The minimum absolute atomic E-state index is 0.388. The van der Waals surface area contributed by atoms with E-state index in [0.29, 0.717) is 11.5 Å². The molecular weight excluding hydrogens is 170 g/mol. The van der Waals surface area contributed by atoms with Gasteiger partial charge in [-0.2, -0.15) is 0 Å². The van der Waals surface area contributed by atoms with Crippen molar-refractivity contribution in [3.63, 3.8) is 0 Å². The van der Waals surface area contributed by atoms with E-state index in [9.17, 15) is 0 Å². The minimum Gasteiger partial charge on any atom is -0.327 e. The molecule has 0 bridgehead atoms. The van der Waals surface area contributed by atoms with Gasteiger partial charge in [0, 0.05) is 11.5 Å². The van der Waals surface area contributed by atoms with Crippen molar-refractivity contribution in [3.8, 4) is 0 Å². The van der Waals surface area contributed by atoms with E-state index in [1.807, 2.05) is 0 Å². The molecule has 2 atom stereocenters. The highest BCUT2D eigenvalue weighted by Crippen LogP contribution is 2.54. The number of nitrogens with two attached hydrogens (primary N) is 1. The van der Waals surface area contributed by atoms with Gasteiger partial charge >= 0.3 is 0 Å². The minimum atomic E-state index is 0.388.